The minimum absolute atomic E-state index is 0.331. The zero-order valence-electron chi connectivity index (χ0n) is 16.2. The van der Waals surface area contributed by atoms with Crippen molar-refractivity contribution in [2.45, 2.75) is 38.4 Å². The van der Waals surface area contributed by atoms with E-state index in [1.807, 2.05) is 0 Å². The molecule has 152 valence electrons. The summed E-state index contributed by atoms with van der Waals surface area (Å²) in [6, 6.07) is 16.6. The number of benzene rings is 2. The van der Waals surface area contributed by atoms with E-state index in [2.05, 4.69) is 6.58 Å². The van der Waals surface area contributed by atoms with Crippen LogP contribution in [0.25, 0.3) is 0 Å². The first-order chi connectivity index (χ1) is 13.1. The highest BCUT2D eigenvalue weighted by Crippen LogP contribution is 2.12. The molecule has 0 aliphatic rings. The van der Waals surface area contributed by atoms with E-state index in [1.54, 1.807) is 80.6 Å². The van der Waals surface area contributed by atoms with Crippen LogP contribution in [0.5, 0.6) is 0 Å². The van der Waals surface area contributed by atoms with Crippen molar-refractivity contribution < 1.29 is 30.0 Å². The Morgan fingerprint density at radius 1 is 0.929 bits per heavy atom. The van der Waals surface area contributed by atoms with Gasteiger partial charge in [-0.15, -0.1) is 6.58 Å². The molecule has 0 aliphatic heterocycles. The van der Waals surface area contributed by atoms with E-state index in [4.69, 9.17) is 15.3 Å². The van der Waals surface area contributed by atoms with Gasteiger partial charge in [0.1, 0.15) is 0 Å². The Morgan fingerprint density at radius 2 is 1.29 bits per heavy atom. The van der Waals surface area contributed by atoms with Gasteiger partial charge in [-0.1, -0.05) is 42.5 Å². The maximum atomic E-state index is 10.2. The first-order valence-electron chi connectivity index (χ1n) is 8.65. The fraction of sp³-hybridized carbons (Fsp3) is 0.273. The number of aliphatic hydroxyl groups excluding tert-OH is 1. The topological polar surface area (TPSA) is 115 Å². The lowest BCUT2D eigenvalue weighted by Gasteiger charge is -2.19. The van der Waals surface area contributed by atoms with Crippen LogP contribution in [-0.2, 0) is 0 Å². The summed E-state index contributed by atoms with van der Waals surface area (Å²) in [5.74, 6) is -1.76. The van der Waals surface area contributed by atoms with Crippen molar-refractivity contribution >= 4 is 11.9 Å². The van der Waals surface area contributed by atoms with Gasteiger partial charge in [0.15, 0.2) is 0 Å². The van der Waals surface area contributed by atoms with Gasteiger partial charge in [0.25, 0.3) is 0 Å². The predicted molar refractivity (Wildman–Crippen MR) is 109 cm³/mol. The molecule has 1 unspecified atom stereocenters. The summed E-state index contributed by atoms with van der Waals surface area (Å²) in [6.45, 7) is 6.85. The number of carbonyl (C=O) groups is 2. The molecule has 0 fully saturated rings. The highest BCUT2D eigenvalue weighted by Gasteiger charge is 2.16. The molecule has 0 spiro atoms. The molecule has 0 radical (unpaired) electrons. The van der Waals surface area contributed by atoms with Gasteiger partial charge in [0.05, 0.1) is 22.8 Å². The smallest absolute Gasteiger partial charge is 0.335 e. The largest absolute Gasteiger partial charge is 0.478 e. The summed E-state index contributed by atoms with van der Waals surface area (Å²) in [7, 11) is 0. The lowest BCUT2D eigenvalue weighted by molar-refractivity contribution is 0.0197. The number of hydrogen-bond donors (Lipinski definition) is 4. The second-order valence-corrected chi connectivity index (χ2v) is 6.54. The number of rotatable bonds is 6. The molecule has 28 heavy (non-hydrogen) atoms. The van der Waals surface area contributed by atoms with Crippen LogP contribution < -0.4 is 0 Å². The van der Waals surface area contributed by atoms with E-state index in [0.29, 0.717) is 24.0 Å². The molecule has 1 atom stereocenters. The average Bonchev–Trinajstić information content (AvgIpc) is 2.63. The number of aromatic carboxylic acids is 2. The molecule has 0 saturated carbocycles. The maximum absolute atomic E-state index is 10.2. The van der Waals surface area contributed by atoms with Crippen molar-refractivity contribution in [2.24, 2.45) is 0 Å². The SMILES string of the molecule is C=CCC(O)CC(C)(C)O.O=C(O)c1ccccc1.O=C(O)c1ccccc1. The summed E-state index contributed by atoms with van der Waals surface area (Å²) in [6.07, 6.45) is 2.14. The minimum Gasteiger partial charge on any atom is -0.478 e. The standard InChI is InChI=1S/C8H16O2.2C7H6O2/c1-4-5-7(9)6-8(2,3)10;2*8-7(9)6-4-2-1-3-5-6/h4,7,9-10H,1,5-6H2,2-3H3;2*1-5H,(H,8,9). The van der Waals surface area contributed by atoms with Crippen molar-refractivity contribution in [2.75, 3.05) is 0 Å². The highest BCUT2D eigenvalue weighted by molar-refractivity contribution is 5.87. The molecule has 0 saturated heterocycles. The normalized spacial score (nSPS) is 11.0. The van der Waals surface area contributed by atoms with Gasteiger partial charge in [0.2, 0.25) is 0 Å². The van der Waals surface area contributed by atoms with Crippen LogP contribution >= 0.6 is 0 Å². The lowest BCUT2D eigenvalue weighted by Crippen LogP contribution is -2.25. The van der Waals surface area contributed by atoms with Crippen molar-refractivity contribution in [3.05, 3.63) is 84.4 Å². The number of aliphatic hydroxyl groups is 2. The van der Waals surface area contributed by atoms with Gasteiger partial charge in [0, 0.05) is 6.42 Å². The molecular formula is C22H28O6. The summed E-state index contributed by atoms with van der Waals surface area (Å²) in [5, 5.41) is 35.1. The van der Waals surface area contributed by atoms with Crippen LogP contribution in [0.3, 0.4) is 0 Å². The van der Waals surface area contributed by atoms with Crippen molar-refractivity contribution in [3.63, 3.8) is 0 Å². The molecule has 2 aromatic carbocycles. The molecule has 0 aromatic heterocycles. The summed E-state index contributed by atoms with van der Waals surface area (Å²) in [4.78, 5) is 20.4. The van der Waals surface area contributed by atoms with Gasteiger partial charge >= 0.3 is 11.9 Å². The van der Waals surface area contributed by atoms with Gasteiger partial charge in [-0.2, -0.15) is 0 Å². The van der Waals surface area contributed by atoms with E-state index in [1.165, 1.54) is 0 Å². The van der Waals surface area contributed by atoms with Crippen molar-refractivity contribution in [1.29, 1.82) is 0 Å². The summed E-state index contributed by atoms with van der Waals surface area (Å²) in [5.41, 5.74) is -0.113. The number of carboxylic acids is 2. The molecule has 6 heteroatoms. The van der Waals surface area contributed by atoms with Crippen LogP contribution in [0, 0.1) is 0 Å². The van der Waals surface area contributed by atoms with Gasteiger partial charge < -0.3 is 20.4 Å². The zero-order valence-corrected chi connectivity index (χ0v) is 16.2. The zero-order chi connectivity index (χ0) is 21.6. The monoisotopic (exact) mass is 388 g/mol. The quantitative estimate of drug-likeness (QED) is 0.559. The molecule has 0 bridgehead atoms. The number of carboxylic acid groups (broad SMARTS) is 2. The Bertz CT molecular complexity index is 655. The van der Waals surface area contributed by atoms with Crippen LogP contribution in [-0.4, -0.2) is 44.1 Å². The van der Waals surface area contributed by atoms with Crippen LogP contribution in [0.2, 0.25) is 0 Å². The molecule has 0 aliphatic carbocycles. The molecule has 0 heterocycles. The van der Waals surface area contributed by atoms with E-state index in [9.17, 15) is 14.7 Å². The maximum Gasteiger partial charge on any atom is 0.335 e. The second kappa shape index (κ2) is 13.2. The Kier molecular flexibility index (Phi) is 11.8. The molecule has 2 aromatic rings. The Labute approximate surface area is 165 Å². The third-order valence-corrected chi connectivity index (χ3v) is 3.22. The summed E-state index contributed by atoms with van der Waals surface area (Å²) >= 11 is 0. The van der Waals surface area contributed by atoms with E-state index < -0.39 is 23.6 Å². The third-order valence-electron chi connectivity index (χ3n) is 3.22. The Hall–Kier alpha value is -2.96. The molecule has 0 amide bonds. The third kappa shape index (κ3) is 13.3. The minimum atomic E-state index is -0.879. The average molecular weight is 388 g/mol. The molecule has 4 N–H and O–H groups in total. The van der Waals surface area contributed by atoms with Crippen molar-refractivity contribution in [1.82, 2.24) is 0 Å². The summed E-state index contributed by atoms with van der Waals surface area (Å²) < 4.78 is 0. The first-order valence-corrected chi connectivity index (χ1v) is 8.65. The lowest BCUT2D eigenvalue weighted by atomic mass is 9.99. The van der Waals surface area contributed by atoms with Crippen molar-refractivity contribution in [3.8, 4) is 0 Å². The van der Waals surface area contributed by atoms with Crippen LogP contribution in [0.15, 0.2) is 73.3 Å². The Morgan fingerprint density at radius 3 is 1.50 bits per heavy atom. The van der Waals surface area contributed by atoms with E-state index >= 15 is 0 Å². The second-order valence-electron chi connectivity index (χ2n) is 6.54. The van der Waals surface area contributed by atoms with Gasteiger partial charge in [-0.05, 0) is 44.5 Å². The predicted octanol–water partition coefficient (Wildman–Crippen LogP) is 3.85. The van der Waals surface area contributed by atoms with E-state index in [-0.39, 0.29) is 0 Å². The molecule has 2 rings (SSSR count). The fourth-order valence-corrected chi connectivity index (χ4v) is 2.01. The van der Waals surface area contributed by atoms with Crippen LogP contribution in [0.1, 0.15) is 47.4 Å². The highest BCUT2D eigenvalue weighted by atomic mass is 16.4. The molecule has 6 nitrogen and oxygen atoms in total. The van der Waals surface area contributed by atoms with Crippen LogP contribution in [0.4, 0.5) is 0 Å². The van der Waals surface area contributed by atoms with Gasteiger partial charge in [-0.25, -0.2) is 9.59 Å². The first kappa shape index (κ1) is 25.0. The van der Waals surface area contributed by atoms with E-state index in [0.717, 1.165) is 0 Å². The number of hydrogen-bond acceptors (Lipinski definition) is 4. The van der Waals surface area contributed by atoms with Gasteiger partial charge in [-0.3, -0.25) is 0 Å². The Balaban J connectivity index is 0.000000391. The fourth-order valence-electron chi connectivity index (χ4n) is 2.01. The molecular weight excluding hydrogens is 360 g/mol.